The Hall–Kier alpha value is -3.17. The van der Waals surface area contributed by atoms with Crippen molar-refractivity contribution < 1.29 is 17.9 Å². The zero-order chi connectivity index (χ0) is 25.8. The molecule has 3 rings (SSSR count). The van der Waals surface area contributed by atoms with Crippen LogP contribution in [-0.2, 0) is 20.2 Å². The number of anilines is 1. The molecule has 0 bridgehead atoms. The minimum absolute atomic E-state index is 0.111. The van der Waals surface area contributed by atoms with E-state index in [9.17, 15) is 13.2 Å². The minimum atomic E-state index is -3.87. The van der Waals surface area contributed by atoms with Gasteiger partial charge in [-0.1, -0.05) is 39.8 Å². The summed E-state index contributed by atoms with van der Waals surface area (Å²) >= 11 is 0. The Kier molecular flexibility index (Phi) is 8.02. The second-order valence-corrected chi connectivity index (χ2v) is 11.4. The molecule has 0 saturated carbocycles. The van der Waals surface area contributed by atoms with Crippen LogP contribution in [0.25, 0.3) is 5.69 Å². The van der Waals surface area contributed by atoms with E-state index in [1.165, 1.54) is 23.5 Å². The molecule has 9 heteroatoms. The van der Waals surface area contributed by atoms with Gasteiger partial charge < -0.3 is 10.1 Å². The Labute approximate surface area is 208 Å². The lowest BCUT2D eigenvalue weighted by atomic mass is 9.92. The number of aromatic nitrogens is 2. The third kappa shape index (κ3) is 6.29. The zero-order valence-corrected chi connectivity index (χ0v) is 22.0. The van der Waals surface area contributed by atoms with Crippen LogP contribution in [0.2, 0.25) is 0 Å². The van der Waals surface area contributed by atoms with Crippen molar-refractivity contribution in [2.45, 2.75) is 51.3 Å². The Morgan fingerprint density at radius 3 is 2.37 bits per heavy atom. The first-order valence-electron chi connectivity index (χ1n) is 11.6. The van der Waals surface area contributed by atoms with Crippen molar-refractivity contribution in [3.05, 3.63) is 65.9 Å². The summed E-state index contributed by atoms with van der Waals surface area (Å²) < 4.78 is 34.5. The number of hydrogen-bond acceptors (Lipinski definition) is 5. The highest BCUT2D eigenvalue weighted by Gasteiger charge is 2.27. The number of benzene rings is 2. The SMILES string of the molecule is CCCN(CC(=O)Nc1cc(C(C)(C)C)nn1-c1cccc(C)c1)S(=O)(=O)c1ccc(OC)cc1. The summed E-state index contributed by atoms with van der Waals surface area (Å²) in [6, 6.07) is 15.8. The van der Waals surface area contributed by atoms with Crippen LogP contribution in [-0.4, -0.2) is 48.6 Å². The molecule has 0 saturated heterocycles. The minimum Gasteiger partial charge on any atom is -0.497 e. The van der Waals surface area contributed by atoms with Crippen LogP contribution < -0.4 is 10.1 Å². The van der Waals surface area contributed by atoms with Gasteiger partial charge in [0.15, 0.2) is 0 Å². The Balaban J connectivity index is 1.89. The van der Waals surface area contributed by atoms with E-state index in [4.69, 9.17) is 9.84 Å². The van der Waals surface area contributed by atoms with E-state index in [0.29, 0.717) is 18.0 Å². The van der Waals surface area contributed by atoms with Crippen LogP contribution in [0.1, 0.15) is 45.4 Å². The molecule has 1 N–H and O–H groups in total. The first kappa shape index (κ1) is 26.4. The van der Waals surface area contributed by atoms with Crippen LogP contribution in [0.5, 0.6) is 5.75 Å². The molecule has 0 radical (unpaired) electrons. The van der Waals surface area contributed by atoms with Crippen LogP contribution in [0.3, 0.4) is 0 Å². The number of nitrogens with zero attached hydrogens (tertiary/aromatic N) is 3. The van der Waals surface area contributed by atoms with E-state index >= 15 is 0 Å². The summed E-state index contributed by atoms with van der Waals surface area (Å²) in [5, 5.41) is 7.62. The number of rotatable bonds is 9. The Morgan fingerprint density at radius 1 is 1.11 bits per heavy atom. The van der Waals surface area contributed by atoms with Gasteiger partial charge in [-0.2, -0.15) is 9.40 Å². The molecule has 2 aromatic carbocycles. The highest BCUT2D eigenvalue weighted by Crippen LogP contribution is 2.27. The fraction of sp³-hybridized carbons (Fsp3) is 0.385. The van der Waals surface area contributed by atoms with Gasteiger partial charge in [0.2, 0.25) is 15.9 Å². The number of hydrogen-bond donors (Lipinski definition) is 1. The number of aryl methyl sites for hydroxylation is 1. The molecule has 0 aliphatic rings. The van der Waals surface area contributed by atoms with E-state index in [2.05, 4.69) is 5.32 Å². The average Bonchev–Trinajstić information content (AvgIpc) is 3.23. The number of methoxy groups -OCH3 is 1. The smallest absolute Gasteiger partial charge is 0.243 e. The largest absolute Gasteiger partial charge is 0.497 e. The quantitative estimate of drug-likeness (QED) is 0.468. The number of carbonyl (C=O) groups excluding carboxylic acids is 1. The molecule has 1 amide bonds. The predicted octanol–water partition coefficient (Wildman–Crippen LogP) is 4.53. The predicted molar refractivity (Wildman–Crippen MR) is 138 cm³/mol. The second-order valence-electron chi connectivity index (χ2n) is 9.48. The molecule has 188 valence electrons. The molecule has 35 heavy (non-hydrogen) atoms. The topological polar surface area (TPSA) is 93.5 Å². The Bertz CT molecular complexity index is 1280. The molecule has 1 heterocycles. The van der Waals surface area contributed by atoms with Crippen molar-refractivity contribution in [1.82, 2.24) is 14.1 Å². The van der Waals surface area contributed by atoms with Gasteiger partial charge in [-0.15, -0.1) is 0 Å². The van der Waals surface area contributed by atoms with E-state index in [0.717, 1.165) is 16.9 Å². The fourth-order valence-corrected chi connectivity index (χ4v) is 5.05. The molecule has 0 fully saturated rings. The van der Waals surface area contributed by atoms with Crippen molar-refractivity contribution in [3.8, 4) is 11.4 Å². The maximum atomic E-state index is 13.3. The lowest BCUT2D eigenvalue weighted by Gasteiger charge is -2.21. The normalized spacial score (nSPS) is 12.1. The molecule has 0 spiro atoms. The zero-order valence-electron chi connectivity index (χ0n) is 21.2. The van der Waals surface area contributed by atoms with E-state index in [1.54, 1.807) is 16.8 Å². The van der Waals surface area contributed by atoms with Crippen molar-refractivity contribution in [2.24, 2.45) is 0 Å². The maximum absolute atomic E-state index is 13.3. The number of amides is 1. The van der Waals surface area contributed by atoms with Gasteiger partial charge in [0, 0.05) is 18.0 Å². The molecular weight excluding hydrogens is 464 g/mol. The van der Waals surface area contributed by atoms with E-state index in [1.807, 2.05) is 65.0 Å². The van der Waals surface area contributed by atoms with Crippen molar-refractivity contribution in [1.29, 1.82) is 0 Å². The van der Waals surface area contributed by atoms with Crippen molar-refractivity contribution in [3.63, 3.8) is 0 Å². The first-order chi connectivity index (χ1) is 16.5. The van der Waals surface area contributed by atoms with Gasteiger partial charge in [0.1, 0.15) is 11.6 Å². The first-order valence-corrected chi connectivity index (χ1v) is 13.0. The summed E-state index contributed by atoms with van der Waals surface area (Å²) in [6.07, 6.45) is 0.568. The second kappa shape index (κ2) is 10.6. The van der Waals surface area contributed by atoms with Gasteiger partial charge in [-0.25, -0.2) is 13.1 Å². The molecule has 0 atom stereocenters. The van der Waals surface area contributed by atoms with Crippen LogP contribution in [0, 0.1) is 6.92 Å². The summed E-state index contributed by atoms with van der Waals surface area (Å²) in [7, 11) is -2.35. The molecular formula is C26H34N4O4S. The summed E-state index contributed by atoms with van der Waals surface area (Å²) in [6.45, 7) is 9.90. The highest BCUT2D eigenvalue weighted by atomic mass is 32.2. The van der Waals surface area contributed by atoms with Crippen LogP contribution in [0.15, 0.2) is 59.5 Å². The number of sulfonamides is 1. The summed E-state index contributed by atoms with van der Waals surface area (Å²) in [4.78, 5) is 13.2. The fourth-order valence-electron chi connectivity index (χ4n) is 3.57. The molecule has 8 nitrogen and oxygen atoms in total. The van der Waals surface area contributed by atoms with E-state index in [-0.39, 0.29) is 23.4 Å². The highest BCUT2D eigenvalue weighted by molar-refractivity contribution is 7.89. The molecule has 1 aromatic heterocycles. The summed E-state index contributed by atoms with van der Waals surface area (Å²) in [5.41, 5.74) is 2.45. The standard InChI is InChI=1S/C26H34N4O4S/c1-7-15-29(35(32,33)22-13-11-21(34-6)12-14-22)18-25(31)27-24-17-23(26(3,4)5)28-30(24)20-10-8-9-19(2)16-20/h8-14,16-17H,7,15,18H2,1-6H3,(H,27,31). The molecule has 3 aromatic rings. The van der Waals surface area contributed by atoms with Crippen LogP contribution in [0.4, 0.5) is 5.82 Å². The molecule has 0 aliphatic carbocycles. The van der Waals surface area contributed by atoms with Gasteiger partial charge in [0.05, 0.1) is 29.9 Å². The molecule has 0 unspecified atom stereocenters. The maximum Gasteiger partial charge on any atom is 0.243 e. The van der Waals surface area contributed by atoms with Gasteiger partial charge in [-0.3, -0.25) is 4.79 Å². The number of ether oxygens (including phenoxy) is 1. The van der Waals surface area contributed by atoms with Gasteiger partial charge in [-0.05, 0) is 55.3 Å². The third-order valence-corrected chi connectivity index (χ3v) is 7.34. The monoisotopic (exact) mass is 498 g/mol. The summed E-state index contributed by atoms with van der Waals surface area (Å²) in [5.74, 6) is 0.608. The lowest BCUT2D eigenvalue weighted by molar-refractivity contribution is -0.116. The van der Waals surface area contributed by atoms with Gasteiger partial charge >= 0.3 is 0 Å². The van der Waals surface area contributed by atoms with Crippen molar-refractivity contribution in [2.75, 3.05) is 25.5 Å². The third-order valence-electron chi connectivity index (χ3n) is 5.48. The van der Waals surface area contributed by atoms with Crippen LogP contribution >= 0.6 is 0 Å². The molecule has 0 aliphatic heterocycles. The lowest BCUT2D eigenvalue weighted by Crippen LogP contribution is -2.38. The average molecular weight is 499 g/mol. The van der Waals surface area contributed by atoms with Crippen molar-refractivity contribution >= 4 is 21.7 Å². The van der Waals surface area contributed by atoms with Gasteiger partial charge in [0.25, 0.3) is 0 Å². The number of carbonyl (C=O) groups is 1. The van der Waals surface area contributed by atoms with E-state index < -0.39 is 15.9 Å². The number of nitrogens with one attached hydrogen (secondary N) is 1. The Morgan fingerprint density at radius 2 is 1.80 bits per heavy atom.